The highest BCUT2D eigenvalue weighted by molar-refractivity contribution is 5.76. The van der Waals surface area contributed by atoms with Crippen molar-refractivity contribution in [2.75, 3.05) is 26.2 Å². The van der Waals surface area contributed by atoms with Crippen LogP contribution in [-0.2, 0) is 14.3 Å². The number of aldehydes is 1. The van der Waals surface area contributed by atoms with Crippen molar-refractivity contribution < 1.29 is 14.3 Å². The van der Waals surface area contributed by atoms with Gasteiger partial charge in [0, 0.05) is 12.0 Å². The second-order valence-corrected chi connectivity index (χ2v) is 9.47. The molecule has 0 rings (SSSR count). The lowest BCUT2D eigenvalue weighted by Crippen LogP contribution is -2.41. The molecule has 0 fully saturated rings. The number of rotatable bonds is 14. The number of carbonyl (C=O) groups is 2. The molecule has 0 N–H and O–H groups in total. The molecule has 0 saturated carbocycles. The summed E-state index contributed by atoms with van der Waals surface area (Å²) < 4.78 is 5.62. The van der Waals surface area contributed by atoms with Gasteiger partial charge in [-0.2, -0.15) is 0 Å². The third-order valence-corrected chi connectivity index (χ3v) is 5.77. The fourth-order valence-corrected chi connectivity index (χ4v) is 3.13. The zero-order valence-corrected chi connectivity index (χ0v) is 18.6. The van der Waals surface area contributed by atoms with Gasteiger partial charge in [-0.05, 0) is 51.6 Å². The molecule has 0 unspecified atom stereocenters. The number of hydrogen-bond acceptors (Lipinski definition) is 4. The van der Waals surface area contributed by atoms with E-state index in [0.29, 0.717) is 13.0 Å². The molecule has 0 aliphatic rings. The maximum atomic E-state index is 12.6. The lowest BCUT2D eigenvalue weighted by Gasteiger charge is -2.42. The summed E-state index contributed by atoms with van der Waals surface area (Å²) in [6, 6.07) is 0. The van der Waals surface area contributed by atoms with Crippen molar-refractivity contribution in [2.45, 2.75) is 87.5 Å². The standard InChI is InChI=1S/C22H43NO3/c1-9-11-13-23(14-12-10-2)15-16-26-19(25)20(3,4)17-21(5,6)22(7,8)18-24/h18H,9-17H2,1-8H3. The van der Waals surface area contributed by atoms with Gasteiger partial charge in [0.15, 0.2) is 0 Å². The van der Waals surface area contributed by atoms with E-state index in [0.717, 1.165) is 25.9 Å². The minimum atomic E-state index is -0.610. The van der Waals surface area contributed by atoms with Crippen LogP contribution in [0.4, 0.5) is 0 Å². The average Bonchev–Trinajstić information content (AvgIpc) is 2.55. The summed E-state index contributed by atoms with van der Waals surface area (Å²) in [6.07, 6.45) is 6.32. The third-order valence-electron chi connectivity index (χ3n) is 5.77. The highest BCUT2D eigenvalue weighted by Crippen LogP contribution is 2.45. The smallest absolute Gasteiger partial charge is 0.311 e. The molecule has 0 aromatic rings. The molecule has 0 bridgehead atoms. The van der Waals surface area contributed by atoms with Crippen LogP contribution >= 0.6 is 0 Å². The van der Waals surface area contributed by atoms with Gasteiger partial charge >= 0.3 is 5.97 Å². The van der Waals surface area contributed by atoms with Crippen LogP contribution in [-0.4, -0.2) is 43.4 Å². The maximum Gasteiger partial charge on any atom is 0.311 e. The van der Waals surface area contributed by atoms with Crippen molar-refractivity contribution >= 4 is 12.3 Å². The van der Waals surface area contributed by atoms with Gasteiger partial charge in [-0.15, -0.1) is 0 Å². The van der Waals surface area contributed by atoms with Crippen LogP contribution in [0.1, 0.15) is 87.5 Å². The first-order valence-electron chi connectivity index (χ1n) is 10.3. The van der Waals surface area contributed by atoms with Gasteiger partial charge in [0.2, 0.25) is 0 Å². The number of ether oxygens (including phenoxy) is 1. The number of nitrogens with zero attached hydrogens (tertiary/aromatic N) is 1. The van der Waals surface area contributed by atoms with Gasteiger partial charge in [-0.25, -0.2) is 0 Å². The molecule has 0 aliphatic heterocycles. The van der Waals surface area contributed by atoms with Crippen molar-refractivity contribution in [1.29, 1.82) is 0 Å². The molecule has 26 heavy (non-hydrogen) atoms. The van der Waals surface area contributed by atoms with Crippen molar-refractivity contribution in [1.82, 2.24) is 4.90 Å². The van der Waals surface area contributed by atoms with Gasteiger partial charge in [0.25, 0.3) is 0 Å². The van der Waals surface area contributed by atoms with E-state index >= 15 is 0 Å². The first-order chi connectivity index (χ1) is 11.9. The van der Waals surface area contributed by atoms with Crippen LogP contribution < -0.4 is 0 Å². The summed E-state index contributed by atoms with van der Waals surface area (Å²) >= 11 is 0. The fraction of sp³-hybridized carbons (Fsp3) is 0.909. The van der Waals surface area contributed by atoms with Crippen molar-refractivity contribution in [3.63, 3.8) is 0 Å². The summed E-state index contributed by atoms with van der Waals surface area (Å²) in [6.45, 7) is 19.6. The van der Waals surface area contributed by atoms with E-state index in [-0.39, 0.29) is 11.4 Å². The number of esters is 1. The van der Waals surface area contributed by atoms with Gasteiger partial charge in [-0.3, -0.25) is 9.69 Å². The van der Waals surface area contributed by atoms with E-state index in [1.807, 2.05) is 41.5 Å². The van der Waals surface area contributed by atoms with E-state index in [1.165, 1.54) is 25.7 Å². The molecule has 0 heterocycles. The lowest BCUT2D eigenvalue weighted by atomic mass is 9.62. The molecule has 4 nitrogen and oxygen atoms in total. The van der Waals surface area contributed by atoms with Gasteiger partial charge in [0.05, 0.1) is 5.41 Å². The summed E-state index contributed by atoms with van der Waals surface area (Å²) in [7, 11) is 0. The maximum absolute atomic E-state index is 12.6. The number of unbranched alkanes of at least 4 members (excludes halogenated alkanes) is 2. The Labute approximate surface area is 162 Å². The quantitative estimate of drug-likeness (QED) is 0.316. The molecule has 0 atom stereocenters. The number of carbonyl (C=O) groups excluding carboxylic acids is 2. The van der Waals surface area contributed by atoms with E-state index in [1.54, 1.807) is 0 Å². The Bertz CT molecular complexity index is 419. The van der Waals surface area contributed by atoms with Crippen LogP contribution in [0.2, 0.25) is 0 Å². The third kappa shape index (κ3) is 8.20. The molecule has 0 aromatic heterocycles. The molecule has 0 aliphatic carbocycles. The summed E-state index contributed by atoms with van der Waals surface area (Å²) in [4.78, 5) is 26.5. The average molecular weight is 370 g/mol. The van der Waals surface area contributed by atoms with Gasteiger partial charge in [-0.1, -0.05) is 54.4 Å². The van der Waals surface area contributed by atoms with E-state index in [2.05, 4.69) is 18.7 Å². The monoisotopic (exact) mass is 369 g/mol. The fourth-order valence-electron chi connectivity index (χ4n) is 3.13. The van der Waals surface area contributed by atoms with E-state index < -0.39 is 10.8 Å². The summed E-state index contributed by atoms with van der Waals surface area (Å²) in [5.74, 6) is -0.168. The Morgan fingerprint density at radius 2 is 1.42 bits per heavy atom. The minimum absolute atomic E-state index is 0.168. The SMILES string of the molecule is CCCCN(CCCC)CCOC(=O)C(C)(C)CC(C)(C)C(C)(C)C=O. The van der Waals surface area contributed by atoms with Crippen LogP contribution in [0, 0.1) is 16.2 Å². The predicted octanol–water partition coefficient (Wildman–Crippen LogP) is 5.10. The molecule has 0 saturated heterocycles. The van der Waals surface area contributed by atoms with Crippen molar-refractivity contribution in [3.05, 3.63) is 0 Å². The Hall–Kier alpha value is -0.900. The zero-order chi connectivity index (χ0) is 20.4. The highest BCUT2D eigenvalue weighted by atomic mass is 16.5. The molecule has 0 radical (unpaired) electrons. The lowest BCUT2D eigenvalue weighted by molar-refractivity contribution is -0.157. The second-order valence-electron chi connectivity index (χ2n) is 9.47. The zero-order valence-electron chi connectivity index (χ0n) is 18.6. The Morgan fingerprint density at radius 3 is 1.85 bits per heavy atom. The van der Waals surface area contributed by atoms with Crippen molar-refractivity contribution in [2.24, 2.45) is 16.2 Å². The molecular formula is C22H43NO3. The summed E-state index contributed by atoms with van der Waals surface area (Å²) in [5.41, 5.74) is -1.38. The van der Waals surface area contributed by atoms with Crippen LogP contribution in [0.3, 0.4) is 0 Å². The van der Waals surface area contributed by atoms with E-state index in [9.17, 15) is 9.59 Å². The highest BCUT2D eigenvalue weighted by Gasteiger charge is 2.44. The van der Waals surface area contributed by atoms with Crippen LogP contribution in [0.15, 0.2) is 0 Å². The Balaban J connectivity index is 4.65. The molecule has 0 aromatic carbocycles. The molecule has 154 valence electrons. The van der Waals surface area contributed by atoms with Crippen molar-refractivity contribution in [3.8, 4) is 0 Å². The summed E-state index contributed by atoms with van der Waals surface area (Å²) in [5, 5.41) is 0. The molecule has 0 spiro atoms. The topological polar surface area (TPSA) is 46.6 Å². The normalized spacial score (nSPS) is 13.1. The van der Waals surface area contributed by atoms with Gasteiger partial charge in [0.1, 0.15) is 12.9 Å². The van der Waals surface area contributed by atoms with Gasteiger partial charge < -0.3 is 9.53 Å². The van der Waals surface area contributed by atoms with E-state index in [4.69, 9.17) is 4.74 Å². The Morgan fingerprint density at radius 1 is 0.923 bits per heavy atom. The Kier molecular flexibility index (Phi) is 10.7. The predicted molar refractivity (Wildman–Crippen MR) is 109 cm³/mol. The number of hydrogen-bond donors (Lipinski definition) is 0. The molecular weight excluding hydrogens is 326 g/mol. The second kappa shape index (κ2) is 11.1. The first kappa shape index (κ1) is 25.1. The minimum Gasteiger partial charge on any atom is -0.464 e. The molecule has 4 heteroatoms. The largest absolute Gasteiger partial charge is 0.464 e. The van der Waals surface area contributed by atoms with Crippen LogP contribution in [0.5, 0.6) is 0 Å². The molecule has 0 amide bonds. The van der Waals surface area contributed by atoms with Crippen LogP contribution in [0.25, 0.3) is 0 Å². The first-order valence-corrected chi connectivity index (χ1v) is 10.3.